The standard InChI is InChI=1S/C25H36O7.C24H34O7.C23H32O7/c1-2-18(26)9-10-19-20-12-16-6-5-7-23(21(16)13-17(20)14-22(19)27)32-15-25(30)31-11-4-3-8-24(28)29;1-2-17(25)8-9-18-19-11-15-5-3-6-22(20(15)12-16(19)13-21(18)26)31-14-24(29)30-10-4-7-23(27)28;1-2-16(24)6-7-17-18-10-14-4-3-5-21(19(14)11-15(18)12-20(17)25)30-13-23(28)29-9-8-22(26)27/h5-7,17-20,22,26-27H,2-4,8-15H2,1H3,(H,28,29);3,5-6,16-19,21,25-26H,2,4,7-14H2,1H3,(H,27,28);3-5,15-18,20,24-25H,2,6-13H2,1H3,(H,26,27)/t17-,18-,19+,20-,22+;16-,17-,18+,19-,21+;15-,16-,17+,18-,20+/m000/s1. The lowest BCUT2D eigenvalue weighted by atomic mass is 9.73. The third-order valence-electron chi connectivity index (χ3n) is 20.4. The van der Waals surface area contributed by atoms with E-state index in [2.05, 4.69) is 18.2 Å². The molecule has 3 saturated carbocycles. The van der Waals surface area contributed by atoms with Crippen LogP contribution in [0, 0.1) is 53.3 Å². The number of carbonyl (C=O) groups is 6. The van der Waals surface area contributed by atoms with E-state index in [1.807, 2.05) is 57.2 Å². The summed E-state index contributed by atoms with van der Waals surface area (Å²) in [5, 5.41) is 87.6. The van der Waals surface area contributed by atoms with Gasteiger partial charge < -0.3 is 74.4 Å². The second-order valence-electron chi connectivity index (χ2n) is 26.5. The normalized spacial score (nSPS) is 25.4. The van der Waals surface area contributed by atoms with E-state index in [1.165, 1.54) is 16.7 Å². The monoisotopic (exact) mass is 1300 g/mol. The van der Waals surface area contributed by atoms with Crippen molar-refractivity contribution in [1.82, 2.24) is 0 Å². The number of carboxylic acid groups (broad SMARTS) is 3. The topological polar surface area (TPSA) is 340 Å². The molecule has 3 fully saturated rings. The van der Waals surface area contributed by atoms with Gasteiger partial charge in [0.1, 0.15) is 23.9 Å². The van der Waals surface area contributed by atoms with Gasteiger partial charge in [-0.05, 0) is 240 Å². The Labute approximate surface area is 546 Å². The van der Waals surface area contributed by atoms with Crippen molar-refractivity contribution in [3.8, 4) is 17.2 Å². The maximum absolute atomic E-state index is 12.0. The van der Waals surface area contributed by atoms with E-state index in [0.29, 0.717) is 65.6 Å². The van der Waals surface area contributed by atoms with Gasteiger partial charge in [-0.1, -0.05) is 57.2 Å². The molecule has 21 nitrogen and oxygen atoms in total. The van der Waals surface area contributed by atoms with Gasteiger partial charge in [-0.15, -0.1) is 0 Å². The SMILES string of the molecule is CC[C@H](O)CC[C@@H]1[C@H]2Cc3cccc(OCC(=O)OCCC(=O)O)c3C[C@H]2C[C@H]1O.CC[C@H](O)CC[C@@H]1[C@H]2Cc3cccc(OCC(=O)OCCCC(=O)O)c3C[C@H]2C[C@H]1O.CC[C@H](O)CC[C@@H]1[C@H]2Cc3cccc(OCC(=O)OCCCCC(=O)O)c3C[C@H]2C[C@H]1O. The molecule has 0 radical (unpaired) electrons. The molecule has 21 heteroatoms. The zero-order valence-electron chi connectivity index (χ0n) is 54.5. The quantitative estimate of drug-likeness (QED) is 0.0157. The minimum atomic E-state index is -1.02. The van der Waals surface area contributed by atoms with E-state index in [-0.39, 0.29) is 120 Å². The van der Waals surface area contributed by atoms with Crippen LogP contribution in [0.4, 0.5) is 0 Å². The summed E-state index contributed by atoms with van der Waals surface area (Å²) in [7, 11) is 0. The molecule has 6 aliphatic carbocycles. The van der Waals surface area contributed by atoms with Crippen LogP contribution in [0.3, 0.4) is 0 Å². The molecule has 3 aromatic carbocycles. The Bertz CT molecular complexity index is 2890. The third kappa shape index (κ3) is 22.1. The first kappa shape index (κ1) is 74.0. The Hall–Kier alpha value is -6.36. The number of benzene rings is 3. The highest BCUT2D eigenvalue weighted by Gasteiger charge is 2.48. The summed E-state index contributed by atoms with van der Waals surface area (Å²) < 4.78 is 32.3. The number of carboxylic acids is 3. The second-order valence-corrected chi connectivity index (χ2v) is 26.5. The van der Waals surface area contributed by atoms with Crippen molar-refractivity contribution in [3.05, 3.63) is 88.0 Å². The number of fused-ring (bicyclic) bond motifs is 6. The van der Waals surface area contributed by atoms with Gasteiger partial charge in [0, 0.05) is 12.8 Å². The first-order chi connectivity index (χ1) is 44.7. The summed E-state index contributed by atoms with van der Waals surface area (Å²) in [6.45, 7) is 5.37. The van der Waals surface area contributed by atoms with Gasteiger partial charge in [0.25, 0.3) is 0 Å². The van der Waals surface area contributed by atoms with Crippen LogP contribution in [0.1, 0.15) is 170 Å². The average molecular weight is 1300 g/mol. The lowest BCUT2D eigenvalue weighted by Gasteiger charge is -2.32. The minimum Gasteiger partial charge on any atom is -0.482 e. The molecule has 0 aliphatic heterocycles. The fraction of sp³-hybridized carbons (Fsp3) is 0.667. The van der Waals surface area contributed by atoms with Gasteiger partial charge in [0.05, 0.1) is 56.3 Å². The molecule has 6 aliphatic rings. The summed E-state index contributed by atoms with van der Waals surface area (Å²) in [6.07, 6.45) is 13.4. The molecular weight excluding hydrogens is 1200 g/mol. The van der Waals surface area contributed by atoms with E-state index < -0.39 is 35.8 Å². The summed E-state index contributed by atoms with van der Waals surface area (Å²) in [5.41, 5.74) is 6.89. The van der Waals surface area contributed by atoms with Gasteiger partial charge in [-0.2, -0.15) is 0 Å². The van der Waals surface area contributed by atoms with Crippen molar-refractivity contribution in [2.24, 2.45) is 53.3 Å². The molecule has 0 spiro atoms. The lowest BCUT2D eigenvalue weighted by molar-refractivity contribution is -0.149. The molecule has 0 aromatic heterocycles. The smallest absolute Gasteiger partial charge is 0.344 e. The molecular formula is C72H102O21. The molecule has 0 saturated heterocycles. The Kier molecular flexibility index (Phi) is 29.5. The average Bonchev–Trinajstić information content (AvgIpc) is 1.80. The van der Waals surface area contributed by atoms with Crippen LogP contribution in [0.5, 0.6) is 17.2 Å². The molecule has 93 heavy (non-hydrogen) atoms. The van der Waals surface area contributed by atoms with Crippen molar-refractivity contribution in [2.45, 2.75) is 211 Å². The van der Waals surface area contributed by atoms with Crippen LogP contribution in [0.25, 0.3) is 0 Å². The number of carbonyl (C=O) groups excluding carboxylic acids is 3. The van der Waals surface area contributed by atoms with Gasteiger partial charge in [-0.25, -0.2) is 14.4 Å². The molecule has 9 rings (SSSR count). The van der Waals surface area contributed by atoms with Crippen molar-refractivity contribution in [1.29, 1.82) is 0 Å². The summed E-state index contributed by atoms with van der Waals surface area (Å²) in [5.74, 6) is 0.651. The highest BCUT2D eigenvalue weighted by atomic mass is 16.6. The Morgan fingerprint density at radius 2 is 0.731 bits per heavy atom. The van der Waals surface area contributed by atoms with Crippen molar-refractivity contribution in [3.63, 3.8) is 0 Å². The maximum atomic E-state index is 12.0. The van der Waals surface area contributed by atoms with E-state index in [0.717, 1.165) is 132 Å². The summed E-state index contributed by atoms with van der Waals surface area (Å²) >= 11 is 0. The number of unbranched alkanes of at least 4 members (excludes halogenated alkanes) is 1. The Balaban J connectivity index is 0.000000198. The molecule has 0 bridgehead atoms. The number of rotatable bonds is 33. The van der Waals surface area contributed by atoms with E-state index in [9.17, 15) is 59.4 Å². The van der Waals surface area contributed by atoms with Gasteiger partial charge in [-0.3, -0.25) is 14.4 Å². The van der Waals surface area contributed by atoms with Crippen LogP contribution >= 0.6 is 0 Å². The Morgan fingerprint density at radius 3 is 1.05 bits per heavy atom. The number of hydrogen-bond acceptors (Lipinski definition) is 18. The first-order valence-corrected chi connectivity index (χ1v) is 34.1. The van der Waals surface area contributed by atoms with Crippen LogP contribution < -0.4 is 14.2 Å². The van der Waals surface area contributed by atoms with Crippen molar-refractivity contribution < 1.29 is 103 Å². The fourth-order valence-electron chi connectivity index (χ4n) is 15.3. The van der Waals surface area contributed by atoms with Crippen LogP contribution in [-0.2, 0) is 81.5 Å². The Morgan fingerprint density at radius 1 is 0.419 bits per heavy atom. The molecule has 0 unspecified atom stereocenters. The number of aliphatic hydroxyl groups is 6. The van der Waals surface area contributed by atoms with E-state index in [4.69, 9.17) is 43.7 Å². The van der Waals surface area contributed by atoms with Gasteiger partial charge in [0.2, 0.25) is 0 Å². The van der Waals surface area contributed by atoms with Crippen LogP contribution in [0.15, 0.2) is 54.6 Å². The highest BCUT2D eigenvalue weighted by molar-refractivity contribution is 5.73. The van der Waals surface area contributed by atoms with Crippen LogP contribution in [-0.4, -0.2) is 158 Å². The largest absolute Gasteiger partial charge is 0.482 e. The molecule has 0 heterocycles. The van der Waals surface area contributed by atoms with Gasteiger partial charge in [0.15, 0.2) is 19.8 Å². The molecule has 15 atom stereocenters. The zero-order valence-corrected chi connectivity index (χ0v) is 54.5. The summed E-state index contributed by atoms with van der Waals surface area (Å²) in [6, 6.07) is 17.6. The number of hydrogen-bond donors (Lipinski definition) is 9. The predicted octanol–water partition coefficient (Wildman–Crippen LogP) is 8.21. The number of ether oxygens (including phenoxy) is 6. The van der Waals surface area contributed by atoms with E-state index >= 15 is 0 Å². The number of aliphatic hydroxyl groups excluding tert-OH is 6. The fourth-order valence-corrected chi connectivity index (χ4v) is 15.3. The van der Waals surface area contributed by atoms with Crippen molar-refractivity contribution >= 4 is 35.8 Å². The highest BCUT2D eigenvalue weighted by Crippen LogP contribution is 2.51. The number of aliphatic carboxylic acids is 3. The molecule has 0 amide bonds. The third-order valence-corrected chi connectivity index (χ3v) is 20.4. The molecule has 516 valence electrons. The second kappa shape index (κ2) is 37.1. The molecule has 9 N–H and O–H groups in total. The van der Waals surface area contributed by atoms with Gasteiger partial charge >= 0.3 is 35.8 Å². The number of esters is 3. The predicted molar refractivity (Wildman–Crippen MR) is 341 cm³/mol. The van der Waals surface area contributed by atoms with E-state index in [1.54, 1.807) is 0 Å². The molecule has 3 aromatic rings. The maximum Gasteiger partial charge on any atom is 0.344 e. The van der Waals surface area contributed by atoms with Crippen LogP contribution in [0.2, 0.25) is 0 Å². The summed E-state index contributed by atoms with van der Waals surface area (Å²) in [4.78, 5) is 67.2. The van der Waals surface area contributed by atoms with Crippen molar-refractivity contribution in [2.75, 3.05) is 39.6 Å². The zero-order chi connectivity index (χ0) is 67.1. The first-order valence-electron chi connectivity index (χ1n) is 34.1. The lowest BCUT2D eigenvalue weighted by Crippen LogP contribution is -2.28. The minimum absolute atomic E-state index is 0.0346.